The summed E-state index contributed by atoms with van der Waals surface area (Å²) in [6.45, 7) is 6.19. The number of hydrogen-bond acceptors (Lipinski definition) is 2. The van der Waals surface area contributed by atoms with Crippen molar-refractivity contribution >= 4 is 0 Å². The second kappa shape index (κ2) is 5.06. The first-order chi connectivity index (χ1) is 7.11. The van der Waals surface area contributed by atoms with Crippen LogP contribution in [-0.4, -0.2) is 10.2 Å². The van der Waals surface area contributed by atoms with Gasteiger partial charge < -0.3 is 10.2 Å². The minimum atomic E-state index is 0.0100. The van der Waals surface area contributed by atoms with Gasteiger partial charge in [0.05, 0.1) is 0 Å². The minimum Gasteiger partial charge on any atom is -0.504 e. The molecule has 0 atom stereocenters. The van der Waals surface area contributed by atoms with Crippen LogP contribution in [0, 0.1) is 6.92 Å². The highest BCUT2D eigenvalue weighted by molar-refractivity contribution is 5.52. The molecule has 0 saturated heterocycles. The molecule has 2 heteroatoms. The fourth-order valence-electron chi connectivity index (χ4n) is 2.01. The molecule has 0 saturated carbocycles. The van der Waals surface area contributed by atoms with Crippen molar-refractivity contribution in [2.45, 2.75) is 46.5 Å². The molecule has 2 N–H and O–H groups in total. The number of phenolic OH excluding ortho intramolecular Hbond substituents is 2. The molecule has 0 bridgehead atoms. The van der Waals surface area contributed by atoms with E-state index in [1.165, 1.54) is 5.56 Å². The molecule has 0 amide bonds. The number of rotatable bonds is 4. The average molecular weight is 208 g/mol. The Balaban J connectivity index is 3.26. The Morgan fingerprint density at radius 2 is 1.53 bits per heavy atom. The summed E-state index contributed by atoms with van der Waals surface area (Å²) in [7, 11) is 0. The lowest BCUT2D eigenvalue weighted by Gasteiger charge is -2.14. The monoisotopic (exact) mass is 208 g/mol. The number of aromatic hydroxyl groups is 2. The quantitative estimate of drug-likeness (QED) is 0.745. The van der Waals surface area contributed by atoms with Crippen LogP contribution in [0.25, 0.3) is 0 Å². The van der Waals surface area contributed by atoms with Gasteiger partial charge in [-0.1, -0.05) is 26.7 Å². The molecule has 0 aromatic heterocycles. The van der Waals surface area contributed by atoms with E-state index in [0.717, 1.165) is 36.8 Å². The summed E-state index contributed by atoms with van der Waals surface area (Å²) in [5.41, 5.74) is 3.21. The van der Waals surface area contributed by atoms with E-state index in [1.807, 2.05) is 6.92 Å². The van der Waals surface area contributed by atoms with Crippen LogP contribution >= 0.6 is 0 Å². The van der Waals surface area contributed by atoms with E-state index in [4.69, 9.17) is 0 Å². The number of phenols is 2. The largest absolute Gasteiger partial charge is 0.504 e. The van der Waals surface area contributed by atoms with Crippen molar-refractivity contribution in [2.24, 2.45) is 0 Å². The van der Waals surface area contributed by atoms with Crippen molar-refractivity contribution in [3.05, 3.63) is 22.8 Å². The van der Waals surface area contributed by atoms with E-state index >= 15 is 0 Å². The SMILES string of the molecule is CCCc1c(C)cc(O)c(O)c1CCC. The van der Waals surface area contributed by atoms with Crippen molar-refractivity contribution in [1.29, 1.82) is 0 Å². The topological polar surface area (TPSA) is 40.5 Å². The summed E-state index contributed by atoms with van der Waals surface area (Å²) in [4.78, 5) is 0. The third-order valence-electron chi connectivity index (χ3n) is 2.72. The third-order valence-corrected chi connectivity index (χ3v) is 2.72. The first-order valence-corrected chi connectivity index (χ1v) is 5.65. The molecule has 1 aromatic rings. The molecule has 0 heterocycles. The molecule has 0 aliphatic heterocycles. The Labute approximate surface area is 91.6 Å². The molecule has 0 spiro atoms. The Morgan fingerprint density at radius 3 is 2.07 bits per heavy atom. The highest BCUT2D eigenvalue weighted by Crippen LogP contribution is 2.35. The van der Waals surface area contributed by atoms with Gasteiger partial charge in [0.25, 0.3) is 0 Å². The van der Waals surface area contributed by atoms with Gasteiger partial charge >= 0.3 is 0 Å². The lowest BCUT2D eigenvalue weighted by atomic mass is 9.94. The lowest BCUT2D eigenvalue weighted by Crippen LogP contribution is -1.98. The van der Waals surface area contributed by atoms with Crippen LogP contribution in [0.15, 0.2) is 6.07 Å². The van der Waals surface area contributed by atoms with Gasteiger partial charge in [-0.2, -0.15) is 0 Å². The summed E-state index contributed by atoms with van der Waals surface area (Å²) in [6, 6.07) is 1.65. The molecule has 1 rings (SSSR count). The van der Waals surface area contributed by atoms with E-state index in [1.54, 1.807) is 6.07 Å². The zero-order chi connectivity index (χ0) is 11.4. The van der Waals surface area contributed by atoms with E-state index in [2.05, 4.69) is 13.8 Å². The van der Waals surface area contributed by atoms with Crippen molar-refractivity contribution in [3.8, 4) is 11.5 Å². The summed E-state index contributed by atoms with van der Waals surface area (Å²) in [5.74, 6) is 0.0849. The summed E-state index contributed by atoms with van der Waals surface area (Å²) in [6.07, 6.45) is 3.83. The molecular weight excluding hydrogens is 188 g/mol. The molecule has 0 aliphatic carbocycles. The molecule has 0 aliphatic rings. The number of benzene rings is 1. The predicted octanol–water partition coefficient (Wildman–Crippen LogP) is 3.31. The summed E-state index contributed by atoms with van der Waals surface area (Å²) in [5, 5.41) is 19.4. The second-order valence-electron chi connectivity index (χ2n) is 4.02. The maximum Gasteiger partial charge on any atom is 0.160 e. The van der Waals surface area contributed by atoms with E-state index in [0.29, 0.717) is 0 Å². The van der Waals surface area contributed by atoms with Crippen LogP contribution in [0.2, 0.25) is 0 Å². The van der Waals surface area contributed by atoms with Crippen molar-refractivity contribution in [1.82, 2.24) is 0 Å². The Kier molecular flexibility index (Phi) is 4.01. The fourth-order valence-corrected chi connectivity index (χ4v) is 2.01. The third kappa shape index (κ3) is 2.44. The van der Waals surface area contributed by atoms with Gasteiger partial charge in [-0.25, -0.2) is 0 Å². The van der Waals surface area contributed by atoms with Gasteiger partial charge in [-0.3, -0.25) is 0 Å². The van der Waals surface area contributed by atoms with Gasteiger partial charge in [-0.05, 0) is 37.0 Å². The molecule has 1 aromatic carbocycles. The maximum atomic E-state index is 9.81. The van der Waals surface area contributed by atoms with Crippen LogP contribution in [0.1, 0.15) is 43.4 Å². The Morgan fingerprint density at radius 1 is 1.00 bits per heavy atom. The normalized spacial score (nSPS) is 10.6. The number of hydrogen-bond donors (Lipinski definition) is 2. The highest BCUT2D eigenvalue weighted by Gasteiger charge is 2.13. The smallest absolute Gasteiger partial charge is 0.160 e. The average Bonchev–Trinajstić information content (AvgIpc) is 2.20. The molecule has 2 nitrogen and oxygen atoms in total. The minimum absolute atomic E-state index is 0.0100. The van der Waals surface area contributed by atoms with Crippen LogP contribution < -0.4 is 0 Å². The van der Waals surface area contributed by atoms with Crippen molar-refractivity contribution in [3.63, 3.8) is 0 Å². The van der Waals surface area contributed by atoms with Gasteiger partial charge in [0.1, 0.15) is 0 Å². The highest BCUT2D eigenvalue weighted by atomic mass is 16.3. The zero-order valence-electron chi connectivity index (χ0n) is 9.80. The van der Waals surface area contributed by atoms with E-state index in [-0.39, 0.29) is 11.5 Å². The Hall–Kier alpha value is -1.18. The first-order valence-electron chi connectivity index (χ1n) is 5.65. The van der Waals surface area contributed by atoms with Crippen LogP contribution in [0.3, 0.4) is 0 Å². The zero-order valence-corrected chi connectivity index (χ0v) is 9.80. The van der Waals surface area contributed by atoms with Crippen molar-refractivity contribution in [2.75, 3.05) is 0 Å². The van der Waals surface area contributed by atoms with Gasteiger partial charge in [0, 0.05) is 5.56 Å². The van der Waals surface area contributed by atoms with Gasteiger partial charge in [0.15, 0.2) is 11.5 Å². The van der Waals surface area contributed by atoms with E-state index in [9.17, 15) is 10.2 Å². The van der Waals surface area contributed by atoms with Gasteiger partial charge in [-0.15, -0.1) is 0 Å². The standard InChI is InChI=1S/C13H20O2/c1-4-6-10-9(3)8-12(14)13(15)11(10)7-5-2/h8,14-15H,4-7H2,1-3H3. The van der Waals surface area contributed by atoms with Crippen molar-refractivity contribution < 1.29 is 10.2 Å². The number of aryl methyl sites for hydroxylation is 1. The van der Waals surface area contributed by atoms with Crippen LogP contribution in [0.4, 0.5) is 0 Å². The molecule has 0 unspecified atom stereocenters. The molecule has 0 radical (unpaired) electrons. The molecule has 15 heavy (non-hydrogen) atoms. The Bertz CT molecular complexity index is 343. The fraction of sp³-hybridized carbons (Fsp3) is 0.538. The molecule has 0 fully saturated rings. The lowest BCUT2D eigenvalue weighted by molar-refractivity contribution is 0.397. The predicted molar refractivity (Wildman–Crippen MR) is 62.5 cm³/mol. The van der Waals surface area contributed by atoms with Crippen LogP contribution in [0.5, 0.6) is 11.5 Å². The summed E-state index contributed by atoms with van der Waals surface area (Å²) < 4.78 is 0. The maximum absolute atomic E-state index is 9.81. The summed E-state index contributed by atoms with van der Waals surface area (Å²) >= 11 is 0. The first kappa shape index (κ1) is 11.9. The van der Waals surface area contributed by atoms with Gasteiger partial charge in [0.2, 0.25) is 0 Å². The molecule has 84 valence electrons. The second-order valence-corrected chi connectivity index (χ2v) is 4.02. The van der Waals surface area contributed by atoms with Crippen LogP contribution in [-0.2, 0) is 12.8 Å². The molecular formula is C13H20O2. The van der Waals surface area contributed by atoms with E-state index < -0.39 is 0 Å².